The summed E-state index contributed by atoms with van der Waals surface area (Å²) in [4.78, 5) is 0.203. The molecule has 3 N–H and O–H groups in total. The average molecular weight is 303 g/mol. The number of nitrogens with one attached hydrogen (secondary N) is 1. The van der Waals surface area contributed by atoms with Crippen LogP contribution in [0, 0.1) is 5.92 Å². The molecule has 0 spiro atoms. The Hall–Kier alpha value is -0.620. The maximum absolute atomic E-state index is 12.2. The van der Waals surface area contributed by atoms with Crippen molar-refractivity contribution in [2.75, 3.05) is 0 Å². The average Bonchev–Trinajstić information content (AvgIpc) is 2.73. The van der Waals surface area contributed by atoms with Gasteiger partial charge >= 0.3 is 0 Å². The molecule has 0 heterocycles. The van der Waals surface area contributed by atoms with Gasteiger partial charge in [-0.15, -0.1) is 0 Å². The van der Waals surface area contributed by atoms with Crippen molar-refractivity contribution in [2.24, 2.45) is 11.7 Å². The van der Waals surface area contributed by atoms with Gasteiger partial charge in [-0.3, -0.25) is 0 Å². The maximum atomic E-state index is 12.2. The molecular weight excluding hydrogens is 284 g/mol. The van der Waals surface area contributed by atoms with Crippen molar-refractivity contribution in [3.05, 3.63) is 28.8 Å². The van der Waals surface area contributed by atoms with Crippen LogP contribution >= 0.6 is 11.6 Å². The lowest BCUT2D eigenvalue weighted by Gasteiger charge is -2.13. The maximum Gasteiger partial charge on any atom is 0.240 e. The summed E-state index contributed by atoms with van der Waals surface area (Å²) in [5, 5.41) is 0.394. The summed E-state index contributed by atoms with van der Waals surface area (Å²) in [6.45, 7) is 2.44. The molecule has 1 fully saturated rings. The zero-order chi connectivity index (χ0) is 14.0. The molecule has 1 saturated carbocycles. The van der Waals surface area contributed by atoms with E-state index in [-0.39, 0.29) is 10.9 Å². The van der Waals surface area contributed by atoms with Crippen LogP contribution in [-0.2, 0) is 16.6 Å². The van der Waals surface area contributed by atoms with Gasteiger partial charge in [0.05, 0.1) is 4.90 Å². The molecule has 19 heavy (non-hydrogen) atoms. The standard InChI is InChI=1S/C13H19ClN2O2S/c1-9-2-4-11(6-9)16-19(17,18)12-5-3-10(8-15)13(14)7-12/h3,5,7,9,11,16H,2,4,6,8,15H2,1H3. The van der Waals surface area contributed by atoms with Crippen LogP contribution in [0.1, 0.15) is 31.7 Å². The molecule has 2 atom stereocenters. The van der Waals surface area contributed by atoms with E-state index in [0.717, 1.165) is 24.8 Å². The van der Waals surface area contributed by atoms with Crippen molar-refractivity contribution in [1.82, 2.24) is 4.72 Å². The molecule has 6 heteroatoms. The van der Waals surface area contributed by atoms with Gasteiger partial charge in [-0.1, -0.05) is 24.6 Å². The number of sulfonamides is 1. The second-order valence-corrected chi connectivity index (χ2v) is 7.31. The van der Waals surface area contributed by atoms with Gasteiger partial charge in [0.2, 0.25) is 10.0 Å². The Labute approximate surface area is 119 Å². The van der Waals surface area contributed by atoms with Gasteiger partial charge in [-0.2, -0.15) is 0 Å². The molecule has 1 aromatic carbocycles. The van der Waals surface area contributed by atoms with Gasteiger partial charge in [0, 0.05) is 17.6 Å². The summed E-state index contributed by atoms with van der Waals surface area (Å²) < 4.78 is 27.2. The Balaban J connectivity index is 2.17. The Kier molecular flexibility index (Phi) is 4.50. The molecule has 106 valence electrons. The van der Waals surface area contributed by atoms with E-state index in [2.05, 4.69) is 11.6 Å². The largest absolute Gasteiger partial charge is 0.326 e. The number of rotatable bonds is 4. The van der Waals surface area contributed by atoms with E-state index in [4.69, 9.17) is 17.3 Å². The summed E-state index contributed by atoms with van der Waals surface area (Å²) in [6.07, 6.45) is 2.86. The lowest BCUT2D eigenvalue weighted by atomic mass is 10.1. The number of hydrogen-bond donors (Lipinski definition) is 2. The molecule has 2 unspecified atom stereocenters. The lowest BCUT2D eigenvalue weighted by Crippen LogP contribution is -2.33. The van der Waals surface area contributed by atoms with E-state index >= 15 is 0 Å². The van der Waals surface area contributed by atoms with E-state index in [9.17, 15) is 8.42 Å². The molecule has 0 aromatic heterocycles. The Morgan fingerprint density at radius 2 is 2.16 bits per heavy atom. The highest BCUT2D eigenvalue weighted by Crippen LogP contribution is 2.27. The van der Waals surface area contributed by atoms with Gasteiger partial charge in [0.15, 0.2) is 0 Å². The van der Waals surface area contributed by atoms with Crippen molar-refractivity contribution in [1.29, 1.82) is 0 Å². The summed E-state index contributed by atoms with van der Waals surface area (Å²) in [6, 6.07) is 4.71. The highest BCUT2D eigenvalue weighted by Gasteiger charge is 2.26. The lowest BCUT2D eigenvalue weighted by molar-refractivity contribution is 0.538. The number of benzene rings is 1. The molecule has 1 aromatic rings. The van der Waals surface area contributed by atoms with Gasteiger partial charge in [0.1, 0.15) is 0 Å². The van der Waals surface area contributed by atoms with Crippen LogP contribution in [-0.4, -0.2) is 14.5 Å². The highest BCUT2D eigenvalue weighted by atomic mass is 35.5. The van der Waals surface area contributed by atoms with Gasteiger partial charge in [0.25, 0.3) is 0 Å². The fourth-order valence-electron chi connectivity index (χ4n) is 2.46. The highest BCUT2D eigenvalue weighted by molar-refractivity contribution is 7.89. The smallest absolute Gasteiger partial charge is 0.240 e. The van der Waals surface area contributed by atoms with E-state index < -0.39 is 10.0 Å². The molecule has 0 aliphatic heterocycles. The van der Waals surface area contributed by atoms with E-state index in [1.165, 1.54) is 6.07 Å². The van der Waals surface area contributed by atoms with Crippen LogP contribution in [0.3, 0.4) is 0 Å². The monoisotopic (exact) mass is 302 g/mol. The quantitative estimate of drug-likeness (QED) is 0.896. The van der Waals surface area contributed by atoms with Crippen molar-refractivity contribution in [3.63, 3.8) is 0 Å². The molecule has 0 bridgehead atoms. The molecular formula is C13H19ClN2O2S. The first kappa shape index (κ1) is 14.8. The predicted molar refractivity (Wildman–Crippen MR) is 76.5 cm³/mol. The van der Waals surface area contributed by atoms with Crippen molar-refractivity contribution >= 4 is 21.6 Å². The van der Waals surface area contributed by atoms with Crippen LogP contribution in [0.5, 0.6) is 0 Å². The minimum atomic E-state index is -3.49. The molecule has 0 saturated heterocycles. The summed E-state index contributed by atoms with van der Waals surface area (Å²) in [7, 11) is -3.49. The zero-order valence-corrected chi connectivity index (χ0v) is 12.5. The normalized spacial score (nSPS) is 23.7. The number of halogens is 1. The number of hydrogen-bond acceptors (Lipinski definition) is 3. The SMILES string of the molecule is CC1CCC(NS(=O)(=O)c2ccc(CN)c(Cl)c2)C1. The van der Waals surface area contributed by atoms with Crippen molar-refractivity contribution in [3.8, 4) is 0 Å². The van der Waals surface area contributed by atoms with Gasteiger partial charge in [-0.05, 0) is 42.9 Å². The molecule has 2 rings (SSSR count). The first-order valence-corrected chi connectivity index (χ1v) is 8.29. The topological polar surface area (TPSA) is 72.2 Å². The minimum absolute atomic E-state index is 0.0351. The van der Waals surface area contributed by atoms with Gasteiger partial charge in [-0.25, -0.2) is 13.1 Å². The second-order valence-electron chi connectivity index (χ2n) is 5.19. The third kappa shape index (κ3) is 3.48. The van der Waals surface area contributed by atoms with Crippen LogP contribution in [0.2, 0.25) is 5.02 Å². The summed E-state index contributed by atoms with van der Waals surface area (Å²) in [5.41, 5.74) is 6.25. The van der Waals surface area contributed by atoms with Crippen LogP contribution < -0.4 is 10.5 Å². The molecule has 1 aliphatic carbocycles. The Bertz CT molecular complexity index is 560. The first-order chi connectivity index (χ1) is 8.92. The molecule has 0 radical (unpaired) electrons. The third-order valence-electron chi connectivity index (χ3n) is 3.57. The minimum Gasteiger partial charge on any atom is -0.326 e. The predicted octanol–water partition coefficient (Wildman–Crippen LogP) is 2.27. The number of nitrogens with two attached hydrogens (primary N) is 1. The molecule has 0 amide bonds. The summed E-state index contributed by atoms with van der Waals surface area (Å²) >= 11 is 6.00. The van der Waals surface area contributed by atoms with E-state index in [1.807, 2.05) is 0 Å². The molecule has 1 aliphatic rings. The molecule has 4 nitrogen and oxygen atoms in total. The second kappa shape index (κ2) is 5.79. The third-order valence-corrected chi connectivity index (χ3v) is 5.44. The zero-order valence-electron chi connectivity index (χ0n) is 10.9. The van der Waals surface area contributed by atoms with Crippen LogP contribution in [0.25, 0.3) is 0 Å². The fourth-order valence-corrected chi connectivity index (χ4v) is 4.09. The first-order valence-electron chi connectivity index (χ1n) is 6.43. The fraction of sp³-hybridized carbons (Fsp3) is 0.538. The van der Waals surface area contributed by atoms with Crippen LogP contribution in [0.4, 0.5) is 0 Å². The van der Waals surface area contributed by atoms with E-state index in [0.29, 0.717) is 17.5 Å². The van der Waals surface area contributed by atoms with Gasteiger partial charge < -0.3 is 5.73 Å². The Morgan fingerprint density at radius 1 is 1.42 bits per heavy atom. The van der Waals surface area contributed by atoms with Crippen LogP contribution in [0.15, 0.2) is 23.1 Å². The Morgan fingerprint density at radius 3 is 2.68 bits per heavy atom. The van der Waals surface area contributed by atoms with Crippen molar-refractivity contribution < 1.29 is 8.42 Å². The van der Waals surface area contributed by atoms with E-state index in [1.54, 1.807) is 12.1 Å². The van der Waals surface area contributed by atoms with Crippen molar-refractivity contribution in [2.45, 2.75) is 43.7 Å². The summed E-state index contributed by atoms with van der Waals surface area (Å²) in [5.74, 6) is 0.580.